The summed E-state index contributed by atoms with van der Waals surface area (Å²) in [5.41, 5.74) is 1.08. The zero-order chi connectivity index (χ0) is 15.2. The van der Waals surface area contributed by atoms with Gasteiger partial charge in [-0.25, -0.2) is 0 Å². The fraction of sp³-hybridized carbons (Fsp3) is 0.625. The molecular formula is C16H25NO4. The van der Waals surface area contributed by atoms with Crippen LogP contribution < -0.4 is 14.2 Å². The topological polar surface area (TPSA) is 51.2 Å². The van der Waals surface area contributed by atoms with Crippen molar-refractivity contribution in [1.82, 2.24) is 4.90 Å². The first-order chi connectivity index (χ1) is 10.2. The summed E-state index contributed by atoms with van der Waals surface area (Å²) < 4.78 is 16.3. The largest absolute Gasteiger partial charge is 0.493 e. The number of hydrogen-bond donors (Lipinski definition) is 1. The van der Waals surface area contributed by atoms with Gasteiger partial charge in [-0.3, -0.25) is 4.90 Å². The van der Waals surface area contributed by atoms with Gasteiger partial charge in [0, 0.05) is 25.3 Å². The van der Waals surface area contributed by atoms with Gasteiger partial charge >= 0.3 is 0 Å². The summed E-state index contributed by atoms with van der Waals surface area (Å²) in [4.78, 5) is 2.36. The molecule has 0 amide bonds. The van der Waals surface area contributed by atoms with Gasteiger partial charge in [-0.15, -0.1) is 0 Å². The van der Waals surface area contributed by atoms with Crippen LogP contribution in [-0.2, 0) is 6.54 Å². The summed E-state index contributed by atoms with van der Waals surface area (Å²) in [7, 11) is 4.88. The van der Waals surface area contributed by atoms with Crippen molar-refractivity contribution in [3.8, 4) is 17.2 Å². The molecule has 118 valence electrons. The molecule has 1 atom stereocenters. The van der Waals surface area contributed by atoms with Gasteiger partial charge in [-0.2, -0.15) is 0 Å². The van der Waals surface area contributed by atoms with E-state index in [1.807, 2.05) is 12.1 Å². The molecule has 5 heteroatoms. The van der Waals surface area contributed by atoms with Gasteiger partial charge in [0.15, 0.2) is 11.5 Å². The molecule has 1 fully saturated rings. The van der Waals surface area contributed by atoms with Crippen LogP contribution in [0.4, 0.5) is 0 Å². The van der Waals surface area contributed by atoms with E-state index in [0.717, 1.165) is 43.8 Å². The van der Waals surface area contributed by atoms with E-state index in [2.05, 4.69) is 4.90 Å². The number of rotatable bonds is 6. The Morgan fingerprint density at radius 3 is 2.52 bits per heavy atom. The first-order valence-electron chi connectivity index (χ1n) is 7.34. The number of likely N-dealkylation sites (tertiary alicyclic amines) is 1. The molecule has 5 nitrogen and oxygen atoms in total. The number of methoxy groups -OCH3 is 3. The van der Waals surface area contributed by atoms with Gasteiger partial charge in [0.25, 0.3) is 0 Å². The molecule has 1 saturated heterocycles. The van der Waals surface area contributed by atoms with Crippen LogP contribution in [0.1, 0.15) is 18.4 Å². The number of aliphatic hydroxyl groups excluding tert-OH is 1. The number of benzene rings is 1. The number of aliphatic hydroxyl groups is 1. The third-order valence-electron chi connectivity index (χ3n) is 4.04. The monoisotopic (exact) mass is 295 g/mol. The molecule has 1 aliphatic rings. The highest BCUT2D eigenvalue weighted by atomic mass is 16.5. The molecule has 1 aromatic rings. The summed E-state index contributed by atoms with van der Waals surface area (Å²) in [6.07, 6.45) is 2.23. The predicted molar refractivity (Wildman–Crippen MR) is 81.2 cm³/mol. The van der Waals surface area contributed by atoms with Gasteiger partial charge in [-0.05, 0) is 31.4 Å². The highest BCUT2D eigenvalue weighted by Gasteiger charge is 2.22. The second-order valence-corrected chi connectivity index (χ2v) is 5.42. The Bertz CT molecular complexity index is 464. The van der Waals surface area contributed by atoms with Crippen molar-refractivity contribution in [2.75, 3.05) is 41.0 Å². The molecule has 0 unspecified atom stereocenters. The van der Waals surface area contributed by atoms with E-state index in [-0.39, 0.29) is 6.61 Å². The number of nitrogens with zero attached hydrogens (tertiary/aromatic N) is 1. The van der Waals surface area contributed by atoms with Crippen LogP contribution in [0.2, 0.25) is 0 Å². The van der Waals surface area contributed by atoms with E-state index in [0.29, 0.717) is 17.4 Å². The van der Waals surface area contributed by atoms with Crippen molar-refractivity contribution in [3.05, 3.63) is 17.7 Å². The molecule has 0 aliphatic carbocycles. The predicted octanol–water partition coefficient (Wildman–Crippen LogP) is 1.92. The average Bonchev–Trinajstić information content (AvgIpc) is 2.54. The summed E-state index contributed by atoms with van der Waals surface area (Å²) in [5.74, 6) is 2.41. The van der Waals surface area contributed by atoms with E-state index >= 15 is 0 Å². The number of hydrogen-bond acceptors (Lipinski definition) is 5. The van der Waals surface area contributed by atoms with E-state index in [1.54, 1.807) is 21.3 Å². The molecule has 0 aromatic heterocycles. The highest BCUT2D eigenvalue weighted by molar-refractivity contribution is 5.55. The molecule has 0 spiro atoms. The molecule has 0 saturated carbocycles. The van der Waals surface area contributed by atoms with E-state index in [9.17, 15) is 5.11 Å². The van der Waals surface area contributed by atoms with Gasteiger partial charge < -0.3 is 19.3 Å². The Balaban J connectivity index is 2.19. The molecule has 2 rings (SSSR count). The Hall–Kier alpha value is -1.46. The normalized spacial score (nSPS) is 19.3. The number of piperidine rings is 1. The summed E-state index contributed by atoms with van der Waals surface area (Å²) in [6.45, 7) is 3.03. The highest BCUT2D eigenvalue weighted by Crippen LogP contribution is 2.40. The summed E-state index contributed by atoms with van der Waals surface area (Å²) in [6, 6.07) is 3.92. The van der Waals surface area contributed by atoms with Crippen molar-refractivity contribution in [1.29, 1.82) is 0 Å². The third kappa shape index (κ3) is 3.60. The lowest BCUT2D eigenvalue weighted by molar-refractivity contribution is 0.115. The Labute approximate surface area is 126 Å². The van der Waals surface area contributed by atoms with Crippen LogP contribution in [-0.4, -0.2) is 51.0 Å². The molecule has 1 heterocycles. The average molecular weight is 295 g/mol. The minimum absolute atomic E-state index is 0.263. The van der Waals surface area contributed by atoms with Crippen molar-refractivity contribution >= 4 is 0 Å². The first-order valence-corrected chi connectivity index (χ1v) is 7.34. The lowest BCUT2D eigenvalue weighted by Crippen LogP contribution is -2.36. The van der Waals surface area contributed by atoms with Crippen LogP contribution in [0.25, 0.3) is 0 Å². The van der Waals surface area contributed by atoms with Crippen LogP contribution in [0.3, 0.4) is 0 Å². The zero-order valence-electron chi connectivity index (χ0n) is 13.1. The van der Waals surface area contributed by atoms with Crippen LogP contribution in [0.15, 0.2) is 12.1 Å². The van der Waals surface area contributed by atoms with E-state index in [1.165, 1.54) is 0 Å². The zero-order valence-corrected chi connectivity index (χ0v) is 13.1. The minimum Gasteiger partial charge on any atom is -0.493 e. The Kier molecular flexibility index (Phi) is 5.70. The summed E-state index contributed by atoms with van der Waals surface area (Å²) in [5, 5.41) is 9.34. The second-order valence-electron chi connectivity index (χ2n) is 5.42. The minimum atomic E-state index is 0.263. The first kappa shape index (κ1) is 15.9. The fourth-order valence-corrected chi connectivity index (χ4v) is 2.97. The van der Waals surface area contributed by atoms with Crippen molar-refractivity contribution in [2.45, 2.75) is 19.4 Å². The van der Waals surface area contributed by atoms with Crippen molar-refractivity contribution in [2.24, 2.45) is 5.92 Å². The quantitative estimate of drug-likeness (QED) is 0.869. The van der Waals surface area contributed by atoms with E-state index in [4.69, 9.17) is 14.2 Å². The van der Waals surface area contributed by atoms with Gasteiger partial charge in [-0.1, -0.05) is 6.07 Å². The standard InChI is InChI=1S/C16H25NO4/c1-19-14-7-6-13(15(20-2)16(14)21-3)10-17-8-4-5-12(9-17)11-18/h6-7,12,18H,4-5,8-11H2,1-3H3/t12-/m0/s1. The summed E-state index contributed by atoms with van der Waals surface area (Å²) >= 11 is 0. The molecular weight excluding hydrogens is 270 g/mol. The SMILES string of the molecule is COc1ccc(CN2CCC[C@H](CO)C2)c(OC)c1OC. The van der Waals surface area contributed by atoms with Crippen molar-refractivity contribution in [3.63, 3.8) is 0 Å². The smallest absolute Gasteiger partial charge is 0.203 e. The molecule has 1 N–H and O–H groups in total. The molecule has 0 bridgehead atoms. The van der Waals surface area contributed by atoms with Crippen LogP contribution in [0, 0.1) is 5.92 Å². The molecule has 21 heavy (non-hydrogen) atoms. The van der Waals surface area contributed by atoms with Crippen molar-refractivity contribution < 1.29 is 19.3 Å². The van der Waals surface area contributed by atoms with Gasteiger partial charge in [0.1, 0.15) is 0 Å². The maximum Gasteiger partial charge on any atom is 0.203 e. The molecule has 0 radical (unpaired) electrons. The van der Waals surface area contributed by atoms with E-state index < -0.39 is 0 Å². The fourth-order valence-electron chi connectivity index (χ4n) is 2.97. The Morgan fingerprint density at radius 1 is 1.14 bits per heavy atom. The number of ether oxygens (including phenoxy) is 3. The van der Waals surface area contributed by atoms with Crippen LogP contribution in [0.5, 0.6) is 17.2 Å². The third-order valence-corrected chi connectivity index (χ3v) is 4.04. The lowest BCUT2D eigenvalue weighted by Gasteiger charge is -2.32. The molecule has 1 aliphatic heterocycles. The van der Waals surface area contributed by atoms with Gasteiger partial charge in [0.05, 0.1) is 21.3 Å². The van der Waals surface area contributed by atoms with Crippen LogP contribution >= 0.6 is 0 Å². The maximum absolute atomic E-state index is 9.34. The Morgan fingerprint density at radius 2 is 1.90 bits per heavy atom. The maximum atomic E-state index is 9.34. The van der Waals surface area contributed by atoms with Gasteiger partial charge in [0.2, 0.25) is 5.75 Å². The lowest BCUT2D eigenvalue weighted by atomic mass is 9.98. The second kappa shape index (κ2) is 7.52. The molecule has 1 aromatic carbocycles.